The van der Waals surface area contributed by atoms with E-state index in [1.807, 2.05) is 0 Å². The van der Waals surface area contributed by atoms with E-state index in [-0.39, 0.29) is 5.41 Å². The molecule has 2 N–H and O–H groups in total. The monoisotopic (exact) mass is 255 g/mol. The van der Waals surface area contributed by atoms with Gasteiger partial charge in [0.25, 0.3) is 0 Å². The average Bonchev–Trinajstić information content (AvgIpc) is 2.70. The molecular formula is C13H25N3S. The molecule has 0 spiro atoms. The van der Waals surface area contributed by atoms with E-state index < -0.39 is 0 Å². The number of rotatable bonds is 4. The average molecular weight is 255 g/mol. The number of hydrogen-bond donors (Lipinski definition) is 1. The Hall–Kier alpha value is -0.610. The first kappa shape index (κ1) is 14.5. The normalized spacial score (nSPS) is 13.8. The number of nitrogens with two attached hydrogens (primary N) is 1. The molecule has 0 radical (unpaired) electrons. The molecule has 1 rings (SSSR count). The quantitative estimate of drug-likeness (QED) is 0.898. The lowest BCUT2D eigenvalue weighted by Gasteiger charge is -2.23. The van der Waals surface area contributed by atoms with Gasteiger partial charge in [0, 0.05) is 29.9 Å². The molecule has 17 heavy (non-hydrogen) atoms. The fourth-order valence-corrected chi connectivity index (χ4v) is 2.89. The summed E-state index contributed by atoms with van der Waals surface area (Å²) in [6, 6.07) is 0.514. The molecule has 0 aliphatic heterocycles. The standard InChI is InChI=1S/C13H25N3S/c1-7-9(2)16(6)12-15-11(13(3,4)5)10(8-14)17-12/h9H,7-8,14H2,1-6H3. The van der Waals surface area contributed by atoms with Crippen LogP contribution in [0.5, 0.6) is 0 Å². The second-order valence-corrected chi connectivity index (χ2v) is 6.65. The summed E-state index contributed by atoms with van der Waals surface area (Å²) >= 11 is 1.73. The highest BCUT2D eigenvalue weighted by atomic mass is 32.1. The van der Waals surface area contributed by atoms with E-state index >= 15 is 0 Å². The van der Waals surface area contributed by atoms with Crippen molar-refractivity contribution in [3.8, 4) is 0 Å². The second-order valence-electron chi connectivity index (χ2n) is 5.59. The first-order valence-corrected chi connectivity index (χ1v) is 7.06. The minimum atomic E-state index is 0.0692. The molecule has 4 heteroatoms. The Bertz CT molecular complexity index is 365. The molecule has 1 heterocycles. The van der Waals surface area contributed by atoms with Crippen LogP contribution in [-0.4, -0.2) is 18.1 Å². The molecule has 1 aromatic heterocycles. The predicted molar refractivity (Wildman–Crippen MR) is 76.9 cm³/mol. The molecule has 1 unspecified atom stereocenters. The molecule has 1 aromatic rings. The van der Waals surface area contributed by atoms with Crippen molar-refractivity contribution in [1.82, 2.24) is 4.98 Å². The summed E-state index contributed by atoms with van der Waals surface area (Å²) in [5, 5.41) is 1.09. The molecule has 0 aliphatic carbocycles. The van der Waals surface area contributed by atoms with E-state index in [0.29, 0.717) is 12.6 Å². The van der Waals surface area contributed by atoms with Gasteiger partial charge in [0.05, 0.1) is 5.69 Å². The molecule has 0 fully saturated rings. The van der Waals surface area contributed by atoms with Crippen LogP contribution >= 0.6 is 11.3 Å². The summed E-state index contributed by atoms with van der Waals surface area (Å²) in [4.78, 5) is 8.25. The number of aromatic nitrogens is 1. The van der Waals surface area contributed by atoms with Crippen LogP contribution in [0.1, 0.15) is 51.6 Å². The third-order valence-corrected chi connectivity index (χ3v) is 4.30. The van der Waals surface area contributed by atoms with Crippen LogP contribution in [0, 0.1) is 0 Å². The smallest absolute Gasteiger partial charge is 0.185 e. The van der Waals surface area contributed by atoms with Gasteiger partial charge in [-0.15, -0.1) is 11.3 Å². The van der Waals surface area contributed by atoms with Gasteiger partial charge in [0.1, 0.15) is 0 Å². The Labute approximate surface area is 109 Å². The zero-order valence-electron chi connectivity index (χ0n) is 11.9. The maximum Gasteiger partial charge on any atom is 0.185 e. The molecule has 98 valence electrons. The predicted octanol–water partition coefficient (Wildman–Crippen LogP) is 3.13. The van der Waals surface area contributed by atoms with Crippen molar-refractivity contribution in [1.29, 1.82) is 0 Å². The summed E-state index contributed by atoms with van der Waals surface area (Å²) in [5.41, 5.74) is 7.04. The number of anilines is 1. The van der Waals surface area contributed by atoms with E-state index in [4.69, 9.17) is 10.7 Å². The van der Waals surface area contributed by atoms with Gasteiger partial charge in [-0.1, -0.05) is 27.7 Å². The van der Waals surface area contributed by atoms with Crippen LogP contribution in [0.3, 0.4) is 0 Å². The van der Waals surface area contributed by atoms with Crippen molar-refractivity contribution in [2.45, 2.75) is 59.0 Å². The summed E-state index contributed by atoms with van der Waals surface area (Å²) < 4.78 is 0. The number of nitrogens with zero attached hydrogens (tertiary/aromatic N) is 2. The molecular weight excluding hydrogens is 230 g/mol. The van der Waals surface area contributed by atoms with Crippen molar-refractivity contribution in [3.63, 3.8) is 0 Å². The molecule has 3 nitrogen and oxygen atoms in total. The summed E-state index contributed by atoms with van der Waals surface area (Å²) in [6.45, 7) is 11.6. The second kappa shape index (κ2) is 5.36. The van der Waals surface area contributed by atoms with E-state index in [9.17, 15) is 0 Å². The summed E-state index contributed by atoms with van der Waals surface area (Å²) in [7, 11) is 2.11. The molecule has 0 amide bonds. The summed E-state index contributed by atoms with van der Waals surface area (Å²) in [6.07, 6.45) is 1.12. The van der Waals surface area contributed by atoms with Gasteiger partial charge in [-0.25, -0.2) is 4.98 Å². The first-order chi connectivity index (χ1) is 7.81. The largest absolute Gasteiger partial charge is 0.348 e. The fourth-order valence-electron chi connectivity index (χ4n) is 1.68. The molecule has 0 aromatic carbocycles. The minimum Gasteiger partial charge on any atom is -0.348 e. The van der Waals surface area contributed by atoms with Crippen LogP contribution in [-0.2, 0) is 12.0 Å². The Morgan fingerprint density at radius 2 is 2.00 bits per heavy atom. The zero-order valence-corrected chi connectivity index (χ0v) is 12.7. The molecule has 0 aliphatic rings. The van der Waals surface area contributed by atoms with Crippen LogP contribution < -0.4 is 10.6 Å². The Morgan fingerprint density at radius 3 is 2.35 bits per heavy atom. The molecule has 0 saturated heterocycles. The lowest BCUT2D eigenvalue weighted by molar-refractivity contribution is 0.564. The van der Waals surface area contributed by atoms with Crippen molar-refractivity contribution in [2.75, 3.05) is 11.9 Å². The van der Waals surface area contributed by atoms with Crippen LogP contribution in [0.25, 0.3) is 0 Å². The van der Waals surface area contributed by atoms with E-state index in [0.717, 1.165) is 17.2 Å². The third kappa shape index (κ3) is 3.19. The van der Waals surface area contributed by atoms with Crippen molar-refractivity contribution in [3.05, 3.63) is 10.6 Å². The number of hydrogen-bond acceptors (Lipinski definition) is 4. The van der Waals surface area contributed by atoms with Crippen molar-refractivity contribution >= 4 is 16.5 Å². The highest BCUT2D eigenvalue weighted by Gasteiger charge is 2.24. The van der Waals surface area contributed by atoms with Crippen LogP contribution in [0.2, 0.25) is 0 Å². The maximum absolute atomic E-state index is 5.82. The SMILES string of the molecule is CCC(C)N(C)c1nc(C(C)(C)C)c(CN)s1. The van der Waals surface area contributed by atoms with Gasteiger partial charge in [-0.05, 0) is 13.3 Å². The Kier molecular flexibility index (Phi) is 4.55. The van der Waals surface area contributed by atoms with Crippen LogP contribution in [0.4, 0.5) is 5.13 Å². The first-order valence-electron chi connectivity index (χ1n) is 6.24. The van der Waals surface area contributed by atoms with Crippen molar-refractivity contribution in [2.24, 2.45) is 5.73 Å². The Balaban J connectivity index is 3.09. The maximum atomic E-state index is 5.82. The molecule has 1 atom stereocenters. The van der Waals surface area contributed by atoms with E-state index in [1.54, 1.807) is 11.3 Å². The van der Waals surface area contributed by atoms with Gasteiger partial charge < -0.3 is 10.6 Å². The van der Waals surface area contributed by atoms with Gasteiger partial charge in [-0.3, -0.25) is 0 Å². The fraction of sp³-hybridized carbons (Fsp3) is 0.769. The lowest BCUT2D eigenvalue weighted by Crippen LogP contribution is -2.28. The van der Waals surface area contributed by atoms with Crippen LogP contribution in [0.15, 0.2) is 0 Å². The van der Waals surface area contributed by atoms with Gasteiger partial charge >= 0.3 is 0 Å². The van der Waals surface area contributed by atoms with Gasteiger partial charge in [0.2, 0.25) is 0 Å². The van der Waals surface area contributed by atoms with Gasteiger partial charge in [0.15, 0.2) is 5.13 Å². The third-order valence-electron chi connectivity index (χ3n) is 3.14. The van der Waals surface area contributed by atoms with E-state index in [2.05, 4.69) is 46.6 Å². The number of thiazole rings is 1. The molecule has 0 bridgehead atoms. The highest BCUT2D eigenvalue weighted by Crippen LogP contribution is 2.33. The highest BCUT2D eigenvalue weighted by molar-refractivity contribution is 7.15. The topological polar surface area (TPSA) is 42.2 Å². The zero-order chi connectivity index (χ0) is 13.2. The lowest BCUT2D eigenvalue weighted by atomic mass is 9.91. The van der Waals surface area contributed by atoms with E-state index in [1.165, 1.54) is 4.88 Å². The Morgan fingerprint density at radius 1 is 1.41 bits per heavy atom. The summed E-state index contributed by atoms with van der Waals surface area (Å²) in [5.74, 6) is 0. The van der Waals surface area contributed by atoms with Crippen molar-refractivity contribution < 1.29 is 0 Å². The molecule has 0 saturated carbocycles. The minimum absolute atomic E-state index is 0.0692. The van der Waals surface area contributed by atoms with Gasteiger partial charge in [-0.2, -0.15) is 0 Å².